The summed E-state index contributed by atoms with van der Waals surface area (Å²) in [6, 6.07) is 17.7. The van der Waals surface area contributed by atoms with E-state index in [1.807, 2.05) is 48.5 Å². The third kappa shape index (κ3) is 5.42. The number of carbonyl (C=O) groups is 1. The number of rotatable bonds is 8. The van der Waals surface area contributed by atoms with Crippen molar-refractivity contribution >= 4 is 17.3 Å². The SMILES string of the molecule is CCN(CC)Cc1ccccc1NCC(=O)Nc1ccccc1. The maximum atomic E-state index is 12.0. The second-order valence-electron chi connectivity index (χ2n) is 5.39. The first-order valence-corrected chi connectivity index (χ1v) is 8.12. The Balaban J connectivity index is 1.93. The van der Waals surface area contributed by atoms with E-state index in [9.17, 15) is 4.79 Å². The number of benzene rings is 2. The molecule has 0 aliphatic rings. The first-order chi connectivity index (χ1) is 11.2. The summed E-state index contributed by atoms with van der Waals surface area (Å²) in [7, 11) is 0. The van der Waals surface area contributed by atoms with Crippen molar-refractivity contribution in [3.8, 4) is 0 Å². The van der Waals surface area contributed by atoms with Gasteiger partial charge in [0.25, 0.3) is 0 Å². The van der Waals surface area contributed by atoms with Gasteiger partial charge in [-0.1, -0.05) is 50.2 Å². The van der Waals surface area contributed by atoms with Crippen molar-refractivity contribution in [1.29, 1.82) is 0 Å². The number of hydrogen-bond acceptors (Lipinski definition) is 3. The molecule has 0 saturated carbocycles. The first kappa shape index (κ1) is 17.0. The molecule has 0 unspecified atom stereocenters. The van der Waals surface area contributed by atoms with Gasteiger partial charge in [-0.2, -0.15) is 0 Å². The van der Waals surface area contributed by atoms with Crippen LogP contribution >= 0.6 is 0 Å². The van der Waals surface area contributed by atoms with E-state index >= 15 is 0 Å². The van der Waals surface area contributed by atoms with Crippen molar-refractivity contribution in [2.24, 2.45) is 0 Å². The fourth-order valence-corrected chi connectivity index (χ4v) is 2.42. The zero-order valence-electron chi connectivity index (χ0n) is 13.9. The number of nitrogens with zero attached hydrogens (tertiary/aromatic N) is 1. The number of para-hydroxylation sites is 2. The Morgan fingerprint density at radius 2 is 1.61 bits per heavy atom. The van der Waals surface area contributed by atoms with E-state index in [-0.39, 0.29) is 12.5 Å². The third-order valence-electron chi connectivity index (χ3n) is 3.80. The molecule has 2 aromatic carbocycles. The molecule has 2 rings (SSSR count). The predicted octanol–water partition coefficient (Wildman–Crippen LogP) is 3.58. The second kappa shape index (κ2) is 8.96. The molecular formula is C19H25N3O. The molecule has 0 saturated heterocycles. The Kier molecular flexibility index (Phi) is 6.63. The molecule has 0 aliphatic heterocycles. The van der Waals surface area contributed by atoms with Gasteiger partial charge in [0, 0.05) is 17.9 Å². The molecule has 0 aromatic heterocycles. The topological polar surface area (TPSA) is 44.4 Å². The van der Waals surface area contributed by atoms with Crippen LogP contribution in [0.25, 0.3) is 0 Å². The van der Waals surface area contributed by atoms with E-state index < -0.39 is 0 Å². The lowest BCUT2D eigenvalue weighted by Gasteiger charge is -2.20. The Hall–Kier alpha value is -2.33. The summed E-state index contributed by atoms with van der Waals surface area (Å²) in [5.74, 6) is -0.0474. The quantitative estimate of drug-likeness (QED) is 0.783. The summed E-state index contributed by atoms with van der Waals surface area (Å²) < 4.78 is 0. The molecule has 0 atom stereocenters. The van der Waals surface area contributed by atoms with E-state index in [2.05, 4.69) is 35.4 Å². The molecule has 0 spiro atoms. The lowest BCUT2D eigenvalue weighted by atomic mass is 10.1. The molecule has 2 N–H and O–H groups in total. The van der Waals surface area contributed by atoms with Crippen LogP contribution in [0, 0.1) is 0 Å². The minimum absolute atomic E-state index is 0.0474. The minimum Gasteiger partial charge on any atom is -0.376 e. The minimum atomic E-state index is -0.0474. The van der Waals surface area contributed by atoms with Gasteiger partial charge in [-0.3, -0.25) is 9.69 Å². The predicted molar refractivity (Wildman–Crippen MR) is 96.6 cm³/mol. The van der Waals surface area contributed by atoms with E-state index in [1.54, 1.807) is 0 Å². The zero-order chi connectivity index (χ0) is 16.5. The van der Waals surface area contributed by atoms with Crippen LogP contribution in [0.5, 0.6) is 0 Å². The van der Waals surface area contributed by atoms with Gasteiger partial charge in [0.05, 0.1) is 6.54 Å². The first-order valence-electron chi connectivity index (χ1n) is 8.12. The highest BCUT2D eigenvalue weighted by atomic mass is 16.1. The zero-order valence-corrected chi connectivity index (χ0v) is 13.9. The Morgan fingerprint density at radius 1 is 0.957 bits per heavy atom. The van der Waals surface area contributed by atoms with Gasteiger partial charge < -0.3 is 10.6 Å². The van der Waals surface area contributed by atoms with Crippen molar-refractivity contribution in [2.45, 2.75) is 20.4 Å². The highest BCUT2D eigenvalue weighted by Crippen LogP contribution is 2.17. The molecule has 0 bridgehead atoms. The average molecular weight is 311 g/mol. The number of hydrogen-bond donors (Lipinski definition) is 2. The van der Waals surface area contributed by atoms with Gasteiger partial charge in [0.15, 0.2) is 0 Å². The van der Waals surface area contributed by atoms with Crippen LogP contribution < -0.4 is 10.6 Å². The van der Waals surface area contributed by atoms with Crippen molar-refractivity contribution in [3.05, 3.63) is 60.2 Å². The lowest BCUT2D eigenvalue weighted by molar-refractivity contribution is -0.114. The van der Waals surface area contributed by atoms with Crippen molar-refractivity contribution in [2.75, 3.05) is 30.3 Å². The highest BCUT2D eigenvalue weighted by molar-refractivity contribution is 5.93. The molecule has 0 heterocycles. The van der Waals surface area contributed by atoms with Crippen LogP contribution in [-0.4, -0.2) is 30.4 Å². The van der Waals surface area contributed by atoms with Gasteiger partial charge >= 0.3 is 0 Å². The monoisotopic (exact) mass is 311 g/mol. The molecule has 0 radical (unpaired) electrons. The van der Waals surface area contributed by atoms with Crippen LogP contribution in [0.2, 0.25) is 0 Å². The third-order valence-corrected chi connectivity index (χ3v) is 3.80. The molecule has 0 aliphatic carbocycles. The summed E-state index contributed by atoms with van der Waals surface area (Å²) in [4.78, 5) is 14.4. The number of carbonyl (C=O) groups excluding carboxylic acids is 1. The maximum absolute atomic E-state index is 12.0. The number of anilines is 2. The Bertz CT molecular complexity index is 609. The van der Waals surface area contributed by atoms with Crippen LogP contribution in [0.1, 0.15) is 19.4 Å². The number of amides is 1. The fourth-order valence-electron chi connectivity index (χ4n) is 2.42. The molecule has 4 nitrogen and oxygen atoms in total. The lowest BCUT2D eigenvalue weighted by Crippen LogP contribution is -2.25. The molecule has 122 valence electrons. The van der Waals surface area contributed by atoms with E-state index in [0.717, 1.165) is 31.0 Å². The van der Waals surface area contributed by atoms with Crippen molar-refractivity contribution in [1.82, 2.24) is 4.90 Å². The Morgan fingerprint density at radius 3 is 2.30 bits per heavy atom. The van der Waals surface area contributed by atoms with E-state index in [0.29, 0.717) is 0 Å². The summed E-state index contributed by atoms with van der Waals surface area (Å²) in [6.07, 6.45) is 0. The molecule has 1 amide bonds. The summed E-state index contributed by atoms with van der Waals surface area (Å²) in [5.41, 5.74) is 3.04. The van der Waals surface area contributed by atoms with E-state index in [4.69, 9.17) is 0 Å². The maximum Gasteiger partial charge on any atom is 0.243 e. The van der Waals surface area contributed by atoms with Gasteiger partial charge in [-0.05, 0) is 36.9 Å². The van der Waals surface area contributed by atoms with Crippen molar-refractivity contribution < 1.29 is 4.79 Å². The second-order valence-corrected chi connectivity index (χ2v) is 5.39. The molecular weight excluding hydrogens is 286 g/mol. The Labute approximate surface area is 138 Å². The molecule has 4 heteroatoms. The summed E-state index contributed by atoms with van der Waals surface area (Å²) in [6.45, 7) is 7.49. The largest absolute Gasteiger partial charge is 0.376 e. The van der Waals surface area contributed by atoms with E-state index in [1.165, 1.54) is 5.56 Å². The van der Waals surface area contributed by atoms with Crippen LogP contribution in [0.4, 0.5) is 11.4 Å². The smallest absolute Gasteiger partial charge is 0.243 e. The fraction of sp³-hybridized carbons (Fsp3) is 0.316. The molecule has 23 heavy (non-hydrogen) atoms. The van der Waals surface area contributed by atoms with Gasteiger partial charge in [0.2, 0.25) is 5.91 Å². The standard InChI is InChI=1S/C19H25N3O/c1-3-22(4-2)15-16-10-8-9-13-18(16)20-14-19(23)21-17-11-6-5-7-12-17/h5-13,20H,3-4,14-15H2,1-2H3,(H,21,23). The van der Waals surface area contributed by atoms with Gasteiger partial charge in [-0.15, -0.1) is 0 Å². The van der Waals surface area contributed by atoms with Crippen LogP contribution in [-0.2, 0) is 11.3 Å². The molecule has 0 fully saturated rings. The average Bonchev–Trinajstić information content (AvgIpc) is 2.59. The van der Waals surface area contributed by atoms with Gasteiger partial charge in [0.1, 0.15) is 0 Å². The van der Waals surface area contributed by atoms with Gasteiger partial charge in [-0.25, -0.2) is 0 Å². The number of nitrogens with one attached hydrogen (secondary N) is 2. The van der Waals surface area contributed by atoms with Crippen LogP contribution in [0.15, 0.2) is 54.6 Å². The highest BCUT2D eigenvalue weighted by Gasteiger charge is 2.07. The summed E-state index contributed by atoms with van der Waals surface area (Å²) in [5, 5.41) is 6.13. The normalized spacial score (nSPS) is 10.6. The van der Waals surface area contributed by atoms with Crippen LogP contribution in [0.3, 0.4) is 0 Å². The molecule has 2 aromatic rings. The van der Waals surface area contributed by atoms with Crippen molar-refractivity contribution in [3.63, 3.8) is 0 Å². The summed E-state index contributed by atoms with van der Waals surface area (Å²) >= 11 is 0.